The van der Waals surface area contributed by atoms with Crippen LogP contribution in [-0.4, -0.2) is 45.5 Å². The first-order valence-corrected chi connectivity index (χ1v) is 9.80. The summed E-state index contributed by atoms with van der Waals surface area (Å²) in [6, 6.07) is 7.99. The molecule has 1 amide bonds. The van der Waals surface area contributed by atoms with E-state index in [-0.39, 0.29) is 5.91 Å². The second kappa shape index (κ2) is 7.15. The normalized spacial score (nSPS) is 14.0. The fourth-order valence-electron chi connectivity index (χ4n) is 3.50. The zero-order chi connectivity index (χ0) is 19.0. The lowest BCUT2D eigenvalue weighted by Crippen LogP contribution is -2.33. The SMILES string of the molecule is COc1ccc(-c2cnc3n2CCN(C(=O)c2sc(C)nc2C)CC3)cc1. The minimum Gasteiger partial charge on any atom is -0.497 e. The van der Waals surface area contributed by atoms with Gasteiger partial charge in [0.15, 0.2) is 0 Å². The van der Waals surface area contributed by atoms with Gasteiger partial charge >= 0.3 is 0 Å². The first-order valence-electron chi connectivity index (χ1n) is 8.99. The molecule has 6 nitrogen and oxygen atoms in total. The number of methoxy groups -OCH3 is 1. The maximum absolute atomic E-state index is 12.9. The lowest BCUT2D eigenvalue weighted by Gasteiger charge is -2.19. The summed E-state index contributed by atoms with van der Waals surface area (Å²) in [6.45, 7) is 5.92. The van der Waals surface area contributed by atoms with E-state index in [1.165, 1.54) is 11.3 Å². The number of imidazole rings is 1. The van der Waals surface area contributed by atoms with Gasteiger partial charge in [-0.05, 0) is 38.1 Å². The second-order valence-electron chi connectivity index (χ2n) is 6.63. The van der Waals surface area contributed by atoms with Crippen LogP contribution in [0.2, 0.25) is 0 Å². The van der Waals surface area contributed by atoms with Gasteiger partial charge in [-0.2, -0.15) is 0 Å². The molecule has 0 radical (unpaired) electrons. The maximum atomic E-state index is 12.9. The summed E-state index contributed by atoms with van der Waals surface area (Å²) >= 11 is 1.48. The van der Waals surface area contributed by atoms with Crippen LogP contribution < -0.4 is 4.74 Å². The highest BCUT2D eigenvalue weighted by Crippen LogP contribution is 2.26. The molecule has 1 aliphatic heterocycles. The number of aryl methyl sites for hydroxylation is 2. The van der Waals surface area contributed by atoms with E-state index in [9.17, 15) is 4.79 Å². The van der Waals surface area contributed by atoms with Crippen molar-refractivity contribution in [1.82, 2.24) is 19.4 Å². The molecular formula is C20H22N4O2S. The van der Waals surface area contributed by atoms with Crippen LogP contribution in [0.5, 0.6) is 5.75 Å². The number of thiazole rings is 1. The molecule has 0 unspecified atom stereocenters. The lowest BCUT2D eigenvalue weighted by molar-refractivity contribution is 0.0763. The van der Waals surface area contributed by atoms with Crippen LogP contribution in [0.15, 0.2) is 30.5 Å². The van der Waals surface area contributed by atoms with Crippen molar-refractivity contribution in [3.05, 3.63) is 51.9 Å². The van der Waals surface area contributed by atoms with Crippen LogP contribution in [-0.2, 0) is 13.0 Å². The molecule has 0 spiro atoms. The third kappa shape index (κ3) is 3.35. The van der Waals surface area contributed by atoms with E-state index in [2.05, 4.69) is 14.5 Å². The number of carbonyl (C=O) groups is 1. The van der Waals surface area contributed by atoms with Crippen molar-refractivity contribution in [2.45, 2.75) is 26.8 Å². The number of rotatable bonds is 3. The van der Waals surface area contributed by atoms with Gasteiger partial charge in [0.1, 0.15) is 16.5 Å². The molecule has 3 aromatic rings. The number of carbonyl (C=O) groups excluding carboxylic acids is 1. The molecule has 2 aromatic heterocycles. The molecule has 0 aliphatic carbocycles. The van der Waals surface area contributed by atoms with Crippen LogP contribution in [0.1, 0.15) is 26.2 Å². The molecule has 0 fully saturated rings. The summed E-state index contributed by atoms with van der Waals surface area (Å²) in [7, 11) is 1.66. The van der Waals surface area contributed by atoms with Gasteiger partial charge in [0.05, 0.1) is 29.7 Å². The van der Waals surface area contributed by atoms with E-state index in [4.69, 9.17) is 4.74 Å². The van der Waals surface area contributed by atoms with Crippen molar-refractivity contribution in [2.75, 3.05) is 20.2 Å². The van der Waals surface area contributed by atoms with Crippen LogP contribution >= 0.6 is 11.3 Å². The van der Waals surface area contributed by atoms with Crippen LogP contribution in [0.3, 0.4) is 0 Å². The van der Waals surface area contributed by atoms with Gasteiger partial charge in [0.25, 0.3) is 5.91 Å². The van der Waals surface area contributed by atoms with E-state index in [0.717, 1.165) is 51.4 Å². The third-order valence-electron chi connectivity index (χ3n) is 4.91. The Bertz CT molecular complexity index is 975. The number of hydrogen-bond acceptors (Lipinski definition) is 5. The Labute approximate surface area is 162 Å². The summed E-state index contributed by atoms with van der Waals surface area (Å²) in [5.41, 5.74) is 3.00. The second-order valence-corrected chi connectivity index (χ2v) is 7.83. The van der Waals surface area contributed by atoms with Gasteiger partial charge in [-0.1, -0.05) is 0 Å². The van der Waals surface area contributed by atoms with E-state index < -0.39 is 0 Å². The molecule has 27 heavy (non-hydrogen) atoms. The third-order valence-corrected chi connectivity index (χ3v) is 5.97. The predicted octanol–water partition coefficient (Wildman–Crippen LogP) is 3.33. The predicted molar refractivity (Wildman–Crippen MR) is 105 cm³/mol. The molecule has 140 valence electrons. The average molecular weight is 382 g/mol. The van der Waals surface area contributed by atoms with Gasteiger partial charge in [-0.25, -0.2) is 9.97 Å². The highest BCUT2D eigenvalue weighted by atomic mass is 32.1. The fourth-order valence-corrected chi connectivity index (χ4v) is 4.39. The minimum atomic E-state index is 0.0786. The van der Waals surface area contributed by atoms with Crippen LogP contribution in [0, 0.1) is 13.8 Å². The monoisotopic (exact) mass is 382 g/mol. The molecule has 0 bridgehead atoms. The van der Waals surface area contributed by atoms with Gasteiger partial charge in [0, 0.05) is 31.6 Å². The quantitative estimate of drug-likeness (QED) is 0.697. The number of aromatic nitrogens is 3. The molecule has 0 saturated heterocycles. The number of fused-ring (bicyclic) bond motifs is 1. The van der Waals surface area contributed by atoms with Crippen molar-refractivity contribution in [3.63, 3.8) is 0 Å². The van der Waals surface area contributed by atoms with E-state index in [1.54, 1.807) is 7.11 Å². The zero-order valence-corrected chi connectivity index (χ0v) is 16.5. The van der Waals surface area contributed by atoms with E-state index in [0.29, 0.717) is 13.1 Å². The number of hydrogen-bond donors (Lipinski definition) is 0. The average Bonchev–Trinajstić information content (AvgIpc) is 3.16. The topological polar surface area (TPSA) is 60.2 Å². The molecule has 1 aromatic carbocycles. The van der Waals surface area contributed by atoms with E-state index >= 15 is 0 Å². The van der Waals surface area contributed by atoms with Crippen LogP contribution in [0.4, 0.5) is 0 Å². The van der Waals surface area contributed by atoms with Crippen molar-refractivity contribution in [3.8, 4) is 17.0 Å². The van der Waals surface area contributed by atoms with E-state index in [1.807, 2.05) is 49.2 Å². The molecule has 3 heterocycles. The Hall–Kier alpha value is -2.67. The summed E-state index contributed by atoms with van der Waals surface area (Å²) in [5.74, 6) is 1.93. The highest BCUT2D eigenvalue weighted by Gasteiger charge is 2.24. The molecular weight excluding hydrogens is 360 g/mol. The first-order chi connectivity index (χ1) is 13.1. The highest BCUT2D eigenvalue weighted by molar-refractivity contribution is 7.13. The van der Waals surface area contributed by atoms with Crippen molar-refractivity contribution < 1.29 is 9.53 Å². The molecule has 1 aliphatic rings. The molecule has 0 N–H and O–H groups in total. The zero-order valence-electron chi connectivity index (χ0n) is 15.7. The van der Waals surface area contributed by atoms with Crippen molar-refractivity contribution >= 4 is 17.2 Å². The van der Waals surface area contributed by atoms with Gasteiger partial charge < -0.3 is 14.2 Å². The first kappa shape index (κ1) is 17.7. The Kier molecular flexibility index (Phi) is 4.70. The van der Waals surface area contributed by atoms with Gasteiger partial charge in [0.2, 0.25) is 0 Å². The fraction of sp³-hybridized carbons (Fsp3) is 0.350. The summed E-state index contributed by atoms with van der Waals surface area (Å²) < 4.78 is 7.46. The molecule has 4 rings (SSSR count). The summed E-state index contributed by atoms with van der Waals surface area (Å²) in [4.78, 5) is 24.6. The number of ether oxygens (including phenoxy) is 1. The Balaban J connectivity index is 1.56. The number of amides is 1. The minimum absolute atomic E-state index is 0.0786. The van der Waals surface area contributed by atoms with Crippen molar-refractivity contribution in [1.29, 1.82) is 0 Å². The smallest absolute Gasteiger partial charge is 0.265 e. The number of nitrogens with zero attached hydrogens (tertiary/aromatic N) is 4. The summed E-state index contributed by atoms with van der Waals surface area (Å²) in [5, 5.41) is 0.931. The van der Waals surface area contributed by atoms with Gasteiger partial charge in [-0.3, -0.25) is 4.79 Å². The number of benzene rings is 1. The molecule has 7 heteroatoms. The largest absolute Gasteiger partial charge is 0.497 e. The Morgan fingerprint density at radius 3 is 2.59 bits per heavy atom. The Morgan fingerprint density at radius 1 is 1.15 bits per heavy atom. The van der Waals surface area contributed by atoms with Crippen molar-refractivity contribution in [2.24, 2.45) is 0 Å². The van der Waals surface area contributed by atoms with Crippen LogP contribution in [0.25, 0.3) is 11.3 Å². The molecule has 0 saturated carbocycles. The lowest BCUT2D eigenvalue weighted by atomic mass is 10.1. The Morgan fingerprint density at radius 2 is 1.93 bits per heavy atom. The maximum Gasteiger partial charge on any atom is 0.265 e. The summed E-state index contributed by atoms with van der Waals surface area (Å²) in [6.07, 6.45) is 2.67. The molecule has 0 atom stereocenters. The standard InChI is InChI=1S/C20H22N4O2S/c1-13-19(27-14(2)22-13)20(25)23-9-8-18-21-12-17(24(18)11-10-23)15-4-6-16(26-3)7-5-15/h4-7,12H,8-11H2,1-3H3. The van der Waals surface area contributed by atoms with Gasteiger partial charge in [-0.15, -0.1) is 11.3 Å².